The zero-order valence-electron chi connectivity index (χ0n) is 16.5. The highest BCUT2D eigenvalue weighted by atomic mass is 32.1. The van der Waals surface area contributed by atoms with Crippen molar-refractivity contribution in [2.24, 2.45) is 0 Å². The number of pyridine rings is 1. The van der Waals surface area contributed by atoms with Crippen LogP contribution in [-0.4, -0.2) is 52.1 Å². The van der Waals surface area contributed by atoms with Gasteiger partial charge in [-0.3, -0.25) is 9.78 Å². The fourth-order valence-electron chi connectivity index (χ4n) is 3.41. The summed E-state index contributed by atoms with van der Waals surface area (Å²) in [5, 5.41) is 3.17. The summed E-state index contributed by atoms with van der Waals surface area (Å²) in [6.45, 7) is 5.05. The summed E-state index contributed by atoms with van der Waals surface area (Å²) >= 11 is 1.51. The van der Waals surface area contributed by atoms with E-state index < -0.39 is 5.82 Å². The number of rotatable bonds is 6. The van der Waals surface area contributed by atoms with Crippen LogP contribution in [0.15, 0.2) is 24.5 Å². The van der Waals surface area contributed by atoms with Crippen molar-refractivity contribution in [1.29, 1.82) is 0 Å². The predicted octanol–water partition coefficient (Wildman–Crippen LogP) is 3.57. The van der Waals surface area contributed by atoms with Crippen LogP contribution in [0.25, 0.3) is 10.2 Å². The second kappa shape index (κ2) is 8.00. The third kappa shape index (κ3) is 3.92. The van der Waals surface area contributed by atoms with Gasteiger partial charge in [0.1, 0.15) is 5.82 Å². The number of aryl methyl sites for hydroxylation is 1. The average Bonchev–Trinajstić information content (AvgIpc) is 3.04. The van der Waals surface area contributed by atoms with Gasteiger partial charge < -0.3 is 15.0 Å². The predicted molar refractivity (Wildman–Crippen MR) is 110 cm³/mol. The Hall–Kier alpha value is -2.65. The Morgan fingerprint density at radius 2 is 2.24 bits per heavy atom. The lowest BCUT2D eigenvalue weighted by atomic mass is 10.0. The molecule has 0 saturated carbocycles. The van der Waals surface area contributed by atoms with E-state index in [-0.39, 0.29) is 18.0 Å². The van der Waals surface area contributed by atoms with Gasteiger partial charge in [-0.15, -0.1) is 11.3 Å². The number of aromatic nitrogens is 3. The molecule has 1 N–H and O–H groups in total. The quantitative estimate of drug-likeness (QED) is 0.663. The van der Waals surface area contributed by atoms with Crippen LogP contribution >= 0.6 is 11.3 Å². The zero-order chi connectivity index (χ0) is 20.5. The van der Waals surface area contributed by atoms with Gasteiger partial charge in [-0.1, -0.05) is 0 Å². The van der Waals surface area contributed by atoms with Crippen molar-refractivity contribution in [3.05, 3.63) is 46.5 Å². The van der Waals surface area contributed by atoms with E-state index in [9.17, 15) is 9.18 Å². The van der Waals surface area contributed by atoms with E-state index >= 15 is 0 Å². The Morgan fingerprint density at radius 1 is 1.41 bits per heavy atom. The number of likely N-dealkylation sites (tertiary alicyclic amines) is 1. The Balaban J connectivity index is 1.66. The summed E-state index contributed by atoms with van der Waals surface area (Å²) in [7, 11) is 1.64. The fraction of sp³-hybridized carbons (Fsp3) is 0.400. The van der Waals surface area contributed by atoms with Crippen molar-refractivity contribution in [2.45, 2.75) is 32.4 Å². The molecular weight excluding hydrogens is 393 g/mol. The van der Waals surface area contributed by atoms with Crippen LogP contribution in [0, 0.1) is 12.7 Å². The molecule has 0 bridgehead atoms. The molecule has 0 radical (unpaired) electrons. The maximum Gasteiger partial charge on any atom is 0.274 e. The molecule has 4 rings (SSSR count). The van der Waals surface area contributed by atoms with Gasteiger partial charge in [-0.25, -0.2) is 14.4 Å². The maximum absolute atomic E-state index is 13.5. The molecule has 2 atom stereocenters. The first-order chi connectivity index (χ1) is 14.0. The summed E-state index contributed by atoms with van der Waals surface area (Å²) in [6.07, 6.45) is 3.68. The molecular formula is C20H22FN5O2S. The van der Waals surface area contributed by atoms with Crippen molar-refractivity contribution in [1.82, 2.24) is 19.9 Å². The molecule has 7 nitrogen and oxygen atoms in total. The molecule has 1 saturated heterocycles. The number of carbonyl (C=O) groups excluding carboxylic acids is 1. The van der Waals surface area contributed by atoms with Crippen molar-refractivity contribution in [3.63, 3.8) is 0 Å². The third-order valence-electron chi connectivity index (χ3n) is 5.03. The average molecular weight is 415 g/mol. The van der Waals surface area contributed by atoms with Crippen LogP contribution in [-0.2, 0) is 4.74 Å². The smallest absolute Gasteiger partial charge is 0.274 e. The van der Waals surface area contributed by atoms with Crippen molar-refractivity contribution >= 4 is 33.4 Å². The molecule has 1 aliphatic rings. The monoisotopic (exact) mass is 415 g/mol. The second-order valence-corrected chi connectivity index (χ2v) is 8.42. The normalized spacial score (nSPS) is 17.2. The number of amides is 1. The lowest BCUT2D eigenvalue weighted by Crippen LogP contribution is -2.53. The molecule has 0 spiro atoms. The van der Waals surface area contributed by atoms with Crippen LogP contribution in [0.3, 0.4) is 0 Å². The Labute approximate surface area is 171 Å². The number of nitrogens with one attached hydrogen (secondary N) is 1. The molecule has 4 heterocycles. The van der Waals surface area contributed by atoms with E-state index in [1.165, 1.54) is 17.4 Å². The number of methoxy groups -OCH3 is 1. The highest BCUT2D eigenvalue weighted by Crippen LogP contribution is 2.31. The van der Waals surface area contributed by atoms with Crippen LogP contribution in [0.2, 0.25) is 0 Å². The first kappa shape index (κ1) is 19.7. The van der Waals surface area contributed by atoms with E-state index in [1.54, 1.807) is 18.2 Å². The van der Waals surface area contributed by atoms with Gasteiger partial charge in [0, 0.05) is 24.7 Å². The molecule has 1 fully saturated rings. The molecule has 1 unspecified atom stereocenters. The number of hydrogen-bond donors (Lipinski definition) is 1. The van der Waals surface area contributed by atoms with E-state index in [0.29, 0.717) is 30.4 Å². The first-order valence-electron chi connectivity index (χ1n) is 9.41. The van der Waals surface area contributed by atoms with Crippen molar-refractivity contribution in [3.8, 4) is 0 Å². The number of carbonyl (C=O) groups is 1. The molecule has 0 aromatic carbocycles. The van der Waals surface area contributed by atoms with Crippen LogP contribution in [0.5, 0.6) is 0 Å². The van der Waals surface area contributed by atoms with Gasteiger partial charge in [-0.2, -0.15) is 0 Å². The van der Waals surface area contributed by atoms with Gasteiger partial charge in [0.15, 0.2) is 5.69 Å². The van der Waals surface area contributed by atoms with E-state index in [1.807, 2.05) is 19.9 Å². The Morgan fingerprint density at radius 3 is 2.93 bits per heavy atom. The summed E-state index contributed by atoms with van der Waals surface area (Å²) < 4.78 is 19.5. The van der Waals surface area contributed by atoms with Gasteiger partial charge in [0.25, 0.3) is 5.91 Å². The molecule has 29 heavy (non-hydrogen) atoms. The number of ether oxygens (including phenoxy) is 1. The number of thiophene rings is 1. The number of anilines is 1. The Kier molecular flexibility index (Phi) is 5.42. The summed E-state index contributed by atoms with van der Waals surface area (Å²) in [6, 6.07) is 3.16. The number of fused-ring (bicyclic) bond motifs is 1. The zero-order valence-corrected chi connectivity index (χ0v) is 17.3. The van der Waals surface area contributed by atoms with Gasteiger partial charge in [0.05, 0.1) is 35.1 Å². The lowest BCUT2D eigenvalue weighted by molar-refractivity contribution is 0.0199. The lowest BCUT2D eigenvalue weighted by Gasteiger charge is -2.40. The molecule has 0 aliphatic carbocycles. The molecule has 9 heteroatoms. The first-order valence-corrected chi connectivity index (χ1v) is 10.2. The van der Waals surface area contributed by atoms with Crippen molar-refractivity contribution in [2.75, 3.05) is 25.6 Å². The topological polar surface area (TPSA) is 80.2 Å². The van der Waals surface area contributed by atoms with E-state index in [0.717, 1.165) is 27.7 Å². The van der Waals surface area contributed by atoms with E-state index in [4.69, 9.17) is 4.74 Å². The molecule has 1 amide bonds. The summed E-state index contributed by atoms with van der Waals surface area (Å²) in [5.41, 5.74) is 1.79. The summed E-state index contributed by atoms with van der Waals surface area (Å²) in [5.74, 6) is -0.186. The second-order valence-electron chi connectivity index (χ2n) is 7.17. The maximum atomic E-state index is 13.5. The van der Waals surface area contributed by atoms with Crippen molar-refractivity contribution < 1.29 is 13.9 Å². The van der Waals surface area contributed by atoms with Crippen LogP contribution < -0.4 is 5.32 Å². The molecule has 3 aromatic heterocycles. The molecule has 152 valence electrons. The highest BCUT2D eigenvalue weighted by Gasteiger charge is 2.34. The standard InChI is InChI=1S/C20H22FN5O2S/c1-11-6-16-18(29-11)17(19(27)26-5-4-15(26)10-28-3)25-20(24-16)23-12(2)13-7-14(21)9-22-8-13/h6-9,12,15H,4-5,10H2,1-3H3,(H,23,24,25)/t12-,15?/m0/s1. The molecule has 3 aromatic rings. The third-order valence-corrected chi connectivity index (χ3v) is 6.08. The van der Waals surface area contributed by atoms with E-state index in [2.05, 4.69) is 20.3 Å². The summed E-state index contributed by atoms with van der Waals surface area (Å²) in [4.78, 5) is 29.0. The van der Waals surface area contributed by atoms with Gasteiger partial charge >= 0.3 is 0 Å². The largest absolute Gasteiger partial charge is 0.383 e. The fourth-order valence-corrected chi connectivity index (χ4v) is 4.34. The minimum Gasteiger partial charge on any atom is -0.383 e. The SMILES string of the molecule is COCC1CCN1C(=O)c1nc(N[C@@H](C)c2cncc(F)c2)nc2cc(C)sc12. The Bertz CT molecular complexity index is 1060. The number of hydrogen-bond acceptors (Lipinski definition) is 7. The van der Waals surface area contributed by atoms with Crippen LogP contribution in [0.4, 0.5) is 10.3 Å². The minimum atomic E-state index is -0.404. The van der Waals surface area contributed by atoms with Gasteiger partial charge in [-0.05, 0) is 38.0 Å². The number of nitrogens with zero attached hydrogens (tertiary/aromatic N) is 4. The minimum absolute atomic E-state index is 0.0762. The number of halogens is 1. The van der Waals surface area contributed by atoms with Gasteiger partial charge in [0.2, 0.25) is 5.95 Å². The highest BCUT2D eigenvalue weighted by molar-refractivity contribution is 7.19. The molecule has 1 aliphatic heterocycles. The van der Waals surface area contributed by atoms with Crippen LogP contribution in [0.1, 0.15) is 40.3 Å².